The van der Waals surface area contributed by atoms with Crippen LogP contribution < -0.4 is 0 Å². The topological polar surface area (TPSA) is 23.8 Å². The second-order valence-electron chi connectivity index (χ2n) is 3.87. The minimum Gasteiger partial charge on any atom is -0.192 e. The van der Waals surface area contributed by atoms with Crippen LogP contribution in [0.4, 0.5) is 0 Å². The summed E-state index contributed by atoms with van der Waals surface area (Å²) in [6.45, 7) is 6.40. The Morgan fingerprint density at radius 3 is 2.62 bits per heavy atom. The van der Waals surface area contributed by atoms with Crippen molar-refractivity contribution >= 4 is 0 Å². The molecule has 0 bridgehead atoms. The Bertz CT molecular complexity index is 331. The van der Waals surface area contributed by atoms with E-state index in [0.29, 0.717) is 5.92 Å². The van der Waals surface area contributed by atoms with E-state index in [2.05, 4.69) is 32.9 Å². The maximum Gasteiger partial charge on any atom is 0.0994 e. The first-order valence-electron chi connectivity index (χ1n) is 4.63. The van der Waals surface area contributed by atoms with Gasteiger partial charge >= 0.3 is 0 Å². The highest BCUT2D eigenvalue weighted by Gasteiger charge is 2.03. The SMILES string of the molecule is Cc1ccc(C#N)c(CC(C)C)c1. The van der Waals surface area contributed by atoms with Crippen LogP contribution in [0.1, 0.15) is 30.5 Å². The van der Waals surface area contributed by atoms with E-state index in [1.807, 2.05) is 12.1 Å². The van der Waals surface area contributed by atoms with Gasteiger partial charge in [0, 0.05) is 0 Å². The summed E-state index contributed by atoms with van der Waals surface area (Å²) in [6.07, 6.45) is 0.991. The van der Waals surface area contributed by atoms with Crippen molar-refractivity contribution in [2.24, 2.45) is 5.92 Å². The minimum absolute atomic E-state index is 0.605. The van der Waals surface area contributed by atoms with Crippen molar-refractivity contribution in [2.75, 3.05) is 0 Å². The lowest BCUT2D eigenvalue weighted by atomic mass is 9.97. The second-order valence-corrected chi connectivity index (χ2v) is 3.87. The molecule has 0 amide bonds. The Morgan fingerprint density at radius 1 is 1.38 bits per heavy atom. The molecule has 0 atom stereocenters. The van der Waals surface area contributed by atoms with Gasteiger partial charge in [0.2, 0.25) is 0 Å². The zero-order chi connectivity index (χ0) is 9.84. The molecular weight excluding hydrogens is 158 g/mol. The van der Waals surface area contributed by atoms with Crippen molar-refractivity contribution in [1.82, 2.24) is 0 Å². The molecule has 0 aliphatic heterocycles. The monoisotopic (exact) mass is 173 g/mol. The number of aryl methyl sites for hydroxylation is 1. The van der Waals surface area contributed by atoms with Crippen LogP contribution in [-0.2, 0) is 6.42 Å². The van der Waals surface area contributed by atoms with Crippen molar-refractivity contribution in [3.8, 4) is 6.07 Å². The van der Waals surface area contributed by atoms with Gasteiger partial charge in [-0.2, -0.15) is 5.26 Å². The van der Waals surface area contributed by atoms with Crippen molar-refractivity contribution < 1.29 is 0 Å². The molecule has 13 heavy (non-hydrogen) atoms. The Labute approximate surface area is 80.0 Å². The average molecular weight is 173 g/mol. The Kier molecular flexibility index (Phi) is 3.08. The van der Waals surface area contributed by atoms with Gasteiger partial charge in [-0.25, -0.2) is 0 Å². The van der Waals surface area contributed by atoms with Gasteiger partial charge in [-0.15, -0.1) is 0 Å². The maximum atomic E-state index is 8.87. The van der Waals surface area contributed by atoms with E-state index < -0.39 is 0 Å². The fraction of sp³-hybridized carbons (Fsp3) is 0.417. The summed E-state index contributed by atoms with van der Waals surface area (Å²) in [4.78, 5) is 0. The summed E-state index contributed by atoms with van der Waals surface area (Å²) in [7, 11) is 0. The highest BCUT2D eigenvalue weighted by molar-refractivity contribution is 5.40. The summed E-state index contributed by atoms with van der Waals surface area (Å²) in [5.74, 6) is 0.605. The summed E-state index contributed by atoms with van der Waals surface area (Å²) in [5, 5.41) is 8.87. The number of rotatable bonds is 2. The summed E-state index contributed by atoms with van der Waals surface area (Å²) >= 11 is 0. The van der Waals surface area contributed by atoms with Crippen LogP contribution in [0.25, 0.3) is 0 Å². The minimum atomic E-state index is 0.605. The number of nitrogens with zero attached hydrogens (tertiary/aromatic N) is 1. The lowest BCUT2D eigenvalue weighted by molar-refractivity contribution is 0.646. The van der Waals surface area contributed by atoms with Crippen molar-refractivity contribution in [2.45, 2.75) is 27.2 Å². The van der Waals surface area contributed by atoms with Crippen LogP contribution in [0.15, 0.2) is 18.2 Å². The molecule has 0 aliphatic rings. The summed E-state index contributed by atoms with van der Waals surface area (Å²) < 4.78 is 0. The van der Waals surface area contributed by atoms with Crippen molar-refractivity contribution in [1.29, 1.82) is 5.26 Å². The predicted molar refractivity (Wildman–Crippen MR) is 54.4 cm³/mol. The van der Waals surface area contributed by atoms with Crippen LogP contribution in [0.2, 0.25) is 0 Å². The zero-order valence-corrected chi connectivity index (χ0v) is 8.46. The smallest absolute Gasteiger partial charge is 0.0994 e. The molecule has 0 spiro atoms. The van der Waals surface area contributed by atoms with Gasteiger partial charge in [0.25, 0.3) is 0 Å². The number of benzene rings is 1. The Morgan fingerprint density at radius 2 is 2.08 bits per heavy atom. The van der Waals surface area contributed by atoms with E-state index in [-0.39, 0.29) is 0 Å². The molecule has 0 unspecified atom stereocenters. The third-order valence-electron chi connectivity index (χ3n) is 2.01. The number of hydrogen-bond donors (Lipinski definition) is 0. The molecule has 0 heterocycles. The van der Waals surface area contributed by atoms with Gasteiger partial charge < -0.3 is 0 Å². The van der Waals surface area contributed by atoms with Gasteiger partial charge in [-0.1, -0.05) is 31.5 Å². The highest BCUT2D eigenvalue weighted by atomic mass is 14.2. The van der Waals surface area contributed by atoms with E-state index in [1.54, 1.807) is 0 Å². The number of nitriles is 1. The molecule has 68 valence electrons. The first-order chi connectivity index (χ1) is 6.13. The Hall–Kier alpha value is -1.29. The van der Waals surface area contributed by atoms with Crippen molar-refractivity contribution in [3.63, 3.8) is 0 Å². The van der Waals surface area contributed by atoms with Gasteiger partial charge in [-0.3, -0.25) is 0 Å². The fourth-order valence-corrected chi connectivity index (χ4v) is 1.44. The van der Waals surface area contributed by atoms with E-state index in [9.17, 15) is 0 Å². The molecule has 1 rings (SSSR count). The Balaban J connectivity index is 3.03. The van der Waals surface area contributed by atoms with Crippen molar-refractivity contribution in [3.05, 3.63) is 34.9 Å². The molecule has 1 nitrogen and oxygen atoms in total. The largest absolute Gasteiger partial charge is 0.192 e. The molecule has 0 radical (unpaired) electrons. The van der Waals surface area contributed by atoms with E-state index >= 15 is 0 Å². The second kappa shape index (κ2) is 4.09. The lowest BCUT2D eigenvalue weighted by Crippen LogP contribution is -1.97. The molecular formula is C12H15N. The van der Waals surface area contributed by atoms with E-state index in [4.69, 9.17) is 5.26 Å². The summed E-state index contributed by atoms with van der Waals surface area (Å²) in [5.41, 5.74) is 3.23. The molecule has 0 aliphatic carbocycles. The normalized spacial score (nSPS) is 10.1. The highest BCUT2D eigenvalue weighted by Crippen LogP contribution is 2.14. The molecule has 1 aromatic carbocycles. The standard InChI is InChI=1S/C12H15N/c1-9(2)6-12-7-10(3)4-5-11(12)8-13/h4-5,7,9H,6H2,1-3H3. The molecule has 0 saturated heterocycles. The molecule has 1 heteroatoms. The molecule has 0 fully saturated rings. The third-order valence-corrected chi connectivity index (χ3v) is 2.01. The van der Waals surface area contributed by atoms with Gasteiger partial charge in [0.05, 0.1) is 11.6 Å². The van der Waals surface area contributed by atoms with Crippen LogP contribution >= 0.6 is 0 Å². The van der Waals surface area contributed by atoms with Crippen LogP contribution in [0, 0.1) is 24.2 Å². The zero-order valence-electron chi connectivity index (χ0n) is 8.46. The molecule has 0 N–H and O–H groups in total. The van der Waals surface area contributed by atoms with E-state index in [0.717, 1.165) is 12.0 Å². The predicted octanol–water partition coefficient (Wildman–Crippen LogP) is 3.07. The van der Waals surface area contributed by atoms with Gasteiger partial charge in [0.1, 0.15) is 0 Å². The fourth-order valence-electron chi connectivity index (χ4n) is 1.44. The molecule has 0 saturated carbocycles. The third kappa shape index (κ3) is 2.59. The van der Waals surface area contributed by atoms with Crippen LogP contribution in [0.3, 0.4) is 0 Å². The lowest BCUT2D eigenvalue weighted by Gasteiger charge is -2.07. The summed E-state index contributed by atoms with van der Waals surface area (Å²) in [6, 6.07) is 8.24. The molecule has 1 aromatic rings. The average Bonchev–Trinajstić information content (AvgIpc) is 2.03. The molecule has 0 aromatic heterocycles. The maximum absolute atomic E-state index is 8.87. The number of hydrogen-bond acceptors (Lipinski definition) is 1. The van der Waals surface area contributed by atoms with Gasteiger partial charge in [0.15, 0.2) is 0 Å². The van der Waals surface area contributed by atoms with Gasteiger partial charge in [-0.05, 0) is 30.9 Å². The quantitative estimate of drug-likeness (QED) is 0.674. The van der Waals surface area contributed by atoms with Crippen LogP contribution in [-0.4, -0.2) is 0 Å². The van der Waals surface area contributed by atoms with Crippen LogP contribution in [0.5, 0.6) is 0 Å². The first kappa shape index (κ1) is 9.80. The first-order valence-corrected chi connectivity index (χ1v) is 4.63. The van der Waals surface area contributed by atoms with E-state index in [1.165, 1.54) is 11.1 Å².